The maximum Gasteiger partial charge on any atom is 0.423 e. The molecule has 1 rings (SSSR count). The zero-order chi connectivity index (χ0) is 11.8. The zero-order valence-electron chi connectivity index (χ0n) is 7.08. The van der Waals surface area contributed by atoms with E-state index < -0.39 is 34.0 Å². The van der Waals surface area contributed by atoms with Gasteiger partial charge in [-0.05, 0) is 6.07 Å². The molecule has 0 aliphatic carbocycles. The Morgan fingerprint density at radius 1 is 1.40 bits per heavy atom. The van der Waals surface area contributed by atoms with Crippen LogP contribution in [-0.4, -0.2) is 9.91 Å². The minimum Gasteiger partial charge on any atom is -0.384 e. The van der Waals surface area contributed by atoms with E-state index in [2.05, 4.69) is 4.98 Å². The van der Waals surface area contributed by atoms with Gasteiger partial charge in [0.2, 0.25) is 5.82 Å². The molecule has 6 nitrogen and oxygen atoms in total. The quantitative estimate of drug-likeness (QED) is 0.547. The van der Waals surface area contributed by atoms with E-state index in [1.807, 2.05) is 0 Å². The van der Waals surface area contributed by atoms with E-state index in [-0.39, 0.29) is 0 Å². The smallest absolute Gasteiger partial charge is 0.384 e. The lowest BCUT2D eigenvalue weighted by atomic mass is 10.2. The summed E-state index contributed by atoms with van der Waals surface area (Å²) in [4.78, 5) is 12.3. The van der Waals surface area contributed by atoms with Crippen LogP contribution in [0.1, 0.15) is 5.56 Å². The Hall–Kier alpha value is -2.06. The van der Waals surface area contributed by atoms with E-state index in [4.69, 9.17) is 11.5 Å². The first-order valence-electron chi connectivity index (χ1n) is 3.51. The number of halogens is 3. The number of nitrogens with two attached hydrogens (primary N) is 2. The summed E-state index contributed by atoms with van der Waals surface area (Å²) in [6, 6.07) is 0.370. The molecule has 0 radical (unpaired) electrons. The summed E-state index contributed by atoms with van der Waals surface area (Å²) in [5, 5.41) is 10.3. The molecule has 0 amide bonds. The number of nitrogen functional groups attached to an aromatic ring is 2. The first kappa shape index (κ1) is 11.0. The normalized spacial score (nSPS) is 11.4. The predicted octanol–water partition coefficient (Wildman–Crippen LogP) is 1.17. The van der Waals surface area contributed by atoms with Crippen LogP contribution >= 0.6 is 0 Å². The molecule has 1 aromatic heterocycles. The molecule has 0 spiro atoms. The molecule has 0 aliphatic rings. The average Bonchev–Trinajstić information content (AvgIpc) is 1.99. The highest BCUT2D eigenvalue weighted by atomic mass is 19.4. The fourth-order valence-corrected chi connectivity index (χ4v) is 0.986. The van der Waals surface area contributed by atoms with Gasteiger partial charge < -0.3 is 11.5 Å². The predicted molar refractivity (Wildman–Crippen MR) is 44.7 cm³/mol. The van der Waals surface area contributed by atoms with Crippen LogP contribution in [0.15, 0.2) is 6.07 Å². The molecule has 0 unspecified atom stereocenters. The third kappa shape index (κ3) is 2.06. The van der Waals surface area contributed by atoms with E-state index in [9.17, 15) is 23.3 Å². The highest BCUT2D eigenvalue weighted by Crippen LogP contribution is 2.39. The average molecular weight is 222 g/mol. The van der Waals surface area contributed by atoms with Crippen molar-refractivity contribution in [1.29, 1.82) is 0 Å². The first-order valence-corrected chi connectivity index (χ1v) is 3.51. The molecule has 1 heterocycles. The minimum atomic E-state index is -4.90. The molecule has 0 atom stereocenters. The summed E-state index contributed by atoms with van der Waals surface area (Å²) >= 11 is 0. The monoisotopic (exact) mass is 222 g/mol. The molecule has 0 fully saturated rings. The largest absolute Gasteiger partial charge is 0.423 e. The Balaban J connectivity index is 3.54. The van der Waals surface area contributed by atoms with Gasteiger partial charge in [0.15, 0.2) is 0 Å². The summed E-state index contributed by atoms with van der Waals surface area (Å²) in [7, 11) is 0. The van der Waals surface area contributed by atoms with E-state index in [0.29, 0.717) is 6.07 Å². The third-order valence-electron chi connectivity index (χ3n) is 1.53. The minimum absolute atomic E-state index is 0.370. The number of alkyl halides is 3. The summed E-state index contributed by atoms with van der Waals surface area (Å²) in [6.07, 6.45) is -4.90. The van der Waals surface area contributed by atoms with Gasteiger partial charge in [-0.15, -0.1) is 0 Å². The van der Waals surface area contributed by atoms with Crippen LogP contribution in [0.3, 0.4) is 0 Å². The lowest BCUT2D eigenvalue weighted by Crippen LogP contribution is -2.13. The van der Waals surface area contributed by atoms with Crippen molar-refractivity contribution >= 4 is 17.3 Å². The van der Waals surface area contributed by atoms with Crippen molar-refractivity contribution in [2.24, 2.45) is 0 Å². The summed E-state index contributed by atoms with van der Waals surface area (Å²) in [5.74, 6) is -1.38. The van der Waals surface area contributed by atoms with Crippen LogP contribution in [-0.2, 0) is 6.18 Å². The molecular weight excluding hydrogens is 217 g/mol. The molecule has 0 aliphatic heterocycles. The van der Waals surface area contributed by atoms with Gasteiger partial charge in [0.1, 0.15) is 11.4 Å². The standard InChI is InChI=1S/C6H5F3N4O2/c7-6(8,9)2-1-3(10)12-5(11)4(2)13(14)15/h1H,(H4,10,11,12). The molecule has 1 aromatic rings. The van der Waals surface area contributed by atoms with Crippen LogP contribution in [0, 0.1) is 10.1 Å². The van der Waals surface area contributed by atoms with E-state index in [1.54, 1.807) is 0 Å². The lowest BCUT2D eigenvalue weighted by Gasteiger charge is -2.08. The molecule has 9 heteroatoms. The number of hydrogen-bond acceptors (Lipinski definition) is 5. The van der Waals surface area contributed by atoms with Crippen molar-refractivity contribution < 1.29 is 18.1 Å². The van der Waals surface area contributed by atoms with Crippen LogP contribution in [0.5, 0.6) is 0 Å². The van der Waals surface area contributed by atoms with Crippen molar-refractivity contribution in [3.05, 3.63) is 21.7 Å². The Morgan fingerprint density at radius 3 is 2.33 bits per heavy atom. The van der Waals surface area contributed by atoms with Gasteiger partial charge in [-0.2, -0.15) is 13.2 Å². The molecule has 0 saturated heterocycles. The van der Waals surface area contributed by atoms with Gasteiger partial charge in [0, 0.05) is 0 Å². The van der Waals surface area contributed by atoms with Crippen molar-refractivity contribution in [1.82, 2.24) is 4.98 Å². The molecular formula is C6H5F3N4O2. The van der Waals surface area contributed by atoms with Crippen molar-refractivity contribution in [2.45, 2.75) is 6.18 Å². The molecule has 0 saturated carbocycles. The second-order valence-electron chi connectivity index (χ2n) is 2.58. The fraction of sp³-hybridized carbons (Fsp3) is 0.167. The topological polar surface area (TPSA) is 108 Å². The SMILES string of the molecule is Nc1cc(C(F)(F)F)c([N+](=O)[O-])c(N)n1. The number of pyridine rings is 1. The number of anilines is 2. The Bertz CT molecular complexity index is 418. The number of nitro groups is 1. The van der Waals surface area contributed by atoms with Crippen LogP contribution in [0.4, 0.5) is 30.5 Å². The van der Waals surface area contributed by atoms with Crippen molar-refractivity contribution in [2.75, 3.05) is 11.5 Å². The molecule has 15 heavy (non-hydrogen) atoms. The highest BCUT2D eigenvalue weighted by molar-refractivity contribution is 5.62. The zero-order valence-corrected chi connectivity index (χ0v) is 7.08. The first-order chi connectivity index (χ1) is 6.73. The fourth-order valence-electron chi connectivity index (χ4n) is 0.986. The highest BCUT2D eigenvalue weighted by Gasteiger charge is 2.40. The summed E-state index contributed by atoms with van der Waals surface area (Å²) in [5.41, 5.74) is 7.22. The van der Waals surface area contributed by atoms with Gasteiger partial charge in [-0.3, -0.25) is 10.1 Å². The second-order valence-corrected chi connectivity index (χ2v) is 2.58. The number of hydrogen-bond donors (Lipinski definition) is 2. The Morgan fingerprint density at radius 2 is 1.93 bits per heavy atom. The van der Waals surface area contributed by atoms with Gasteiger partial charge >= 0.3 is 11.9 Å². The maximum atomic E-state index is 12.3. The van der Waals surface area contributed by atoms with Gasteiger partial charge in [0.25, 0.3) is 0 Å². The Labute approximate surface area is 80.8 Å². The Kier molecular flexibility index (Phi) is 2.39. The second kappa shape index (κ2) is 3.26. The van der Waals surface area contributed by atoms with Gasteiger partial charge in [0.05, 0.1) is 4.92 Å². The molecule has 4 N–H and O–H groups in total. The van der Waals surface area contributed by atoms with Crippen molar-refractivity contribution in [3.63, 3.8) is 0 Å². The van der Waals surface area contributed by atoms with Crippen LogP contribution in [0.2, 0.25) is 0 Å². The molecule has 0 aromatic carbocycles. The van der Waals surface area contributed by atoms with Crippen LogP contribution < -0.4 is 11.5 Å². The summed E-state index contributed by atoms with van der Waals surface area (Å²) in [6.45, 7) is 0. The molecule has 0 bridgehead atoms. The third-order valence-corrected chi connectivity index (χ3v) is 1.53. The van der Waals surface area contributed by atoms with Crippen molar-refractivity contribution in [3.8, 4) is 0 Å². The van der Waals surface area contributed by atoms with Gasteiger partial charge in [-0.25, -0.2) is 4.98 Å². The maximum absolute atomic E-state index is 12.3. The summed E-state index contributed by atoms with van der Waals surface area (Å²) < 4.78 is 37.0. The molecule has 82 valence electrons. The van der Waals surface area contributed by atoms with E-state index >= 15 is 0 Å². The van der Waals surface area contributed by atoms with Gasteiger partial charge in [-0.1, -0.05) is 0 Å². The van der Waals surface area contributed by atoms with Crippen LogP contribution in [0.25, 0.3) is 0 Å². The van der Waals surface area contributed by atoms with E-state index in [0.717, 1.165) is 0 Å². The number of rotatable bonds is 1. The van der Waals surface area contributed by atoms with E-state index in [1.165, 1.54) is 0 Å². The number of aromatic nitrogens is 1. The number of nitrogens with zero attached hydrogens (tertiary/aromatic N) is 2. The lowest BCUT2D eigenvalue weighted by molar-refractivity contribution is -0.387.